The van der Waals surface area contributed by atoms with Gasteiger partial charge in [-0.15, -0.1) is 0 Å². The lowest BCUT2D eigenvalue weighted by molar-refractivity contribution is 0.327. The number of hydrogen-bond acceptors (Lipinski definition) is 2. The van der Waals surface area contributed by atoms with Crippen LogP contribution < -0.4 is 5.32 Å². The molecule has 2 heteroatoms. The zero-order valence-corrected chi connectivity index (χ0v) is 10.4. The molecule has 17 heavy (non-hydrogen) atoms. The van der Waals surface area contributed by atoms with Crippen LogP contribution in [0.1, 0.15) is 44.2 Å². The Bertz CT molecular complexity index is 386. The number of hydrogen-bond donors (Lipinski definition) is 2. The fraction of sp³-hybridized carbons (Fsp3) is 0.600. The van der Waals surface area contributed by atoms with Crippen molar-refractivity contribution in [3.05, 3.63) is 29.8 Å². The molecular formula is C15H21NO. The summed E-state index contributed by atoms with van der Waals surface area (Å²) in [7, 11) is 0. The molecule has 0 amide bonds. The molecule has 0 heterocycles. The maximum Gasteiger partial charge on any atom is 0.115 e. The smallest absolute Gasteiger partial charge is 0.115 e. The first kappa shape index (κ1) is 11.1. The quantitative estimate of drug-likeness (QED) is 0.837. The zero-order chi connectivity index (χ0) is 11.8. The Balaban J connectivity index is 1.63. The minimum atomic E-state index is 0.348. The van der Waals surface area contributed by atoms with Crippen molar-refractivity contribution in [3.63, 3.8) is 0 Å². The van der Waals surface area contributed by atoms with Gasteiger partial charge in [0.05, 0.1) is 0 Å². The number of rotatable bonds is 3. The van der Waals surface area contributed by atoms with Crippen LogP contribution in [0.15, 0.2) is 24.3 Å². The Morgan fingerprint density at radius 2 is 1.94 bits per heavy atom. The summed E-state index contributed by atoms with van der Waals surface area (Å²) in [5, 5.41) is 13.1. The van der Waals surface area contributed by atoms with Crippen molar-refractivity contribution in [3.8, 4) is 5.75 Å². The average Bonchev–Trinajstić information content (AvgIpc) is 2.91. The van der Waals surface area contributed by atoms with Gasteiger partial charge in [-0.05, 0) is 55.7 Å². The SMILES string of the molecule is CC(NC1CC2CCC1C2)c1ccc(O)cc1. The molecule has 2 aliphatic rings. The first-order valence-electron chi connectivity index (χ1n) is 6.77. The van der Waals surface area contributed by atoms with Crippen LogP contribution in [-0.4, -0.2) is 11.1 Å². The number of aromatic hydroxyl groups is 1. The molecule has 1 aromatic rings. The van der Waals surface area contributed by atoms with Gasteiger partial charge >= 0.3 is 0 Å². The summed E-state index contributed by atoms with van der Waals surface area (Å²) >= 11 is 0. The number of phenolic OH excluding ortho intramolecular Hbond substituents is 1. The molecule has 2 aliphatic carbocycles. The van der Waals surface area contributed by atoms with Crippen LogP contribution in [-0.2, 0) is 0 Å². The van der Waals surface area contributed by atoms with Gasteiger partial charge in [0.25, 0.3) is 0 Å². The lowest BCUT2D eigenvalue weighted by atomic mass is 9.94. The van der Waals surface area contributed by atoms with Crippen molar-refractivity contribution in [2.24, 2.45) is 11.8 Å². The number of nitrogens with one attached hydrogen (secondary N) is 1. The molecule has 4 atom stereocenters. The summed E-state index contributed by atoms with van der Waals surface area (Å²) in [4.78, 5) is 0. The summed E-state index contributed by atoms with van der Waals surface area (Å²) < 4.78 is 0. The van der Waals surface area contributed by atoms with E-state index in [0.29, 0.717) is 11.8 Å². The molecule has 3 rings (SSSR count). The molecule has 2 saturated carbocycles. The molecular weight excluding hydrogens is 210 g/mol. The van der Waals surface area contributed by atoms with Crippen LogP contribution in [0, 0.1) is 11.8 Å². The van der Waals surface area contributed by atoms with Crippen LogP contribution in [0.3, 0.4) is 0 Å². The lowest BCUT2D eigenvalue weighted by Crippen LogP contribution is -2.35. The van der Waals surface area contributed by atoms with E-state index in [1.807, 2.05) is 12.1 Å². The fourth-order valence-corrected chi connectivity index (χ4v) is 3.63. The summed E-state index contributed by atoms with van der Waals surface area (Å²) in [5.74, 6) is 2.25. The van der Waals surface area contributed by atoms with E-state index in [-0.39, 0.29) is 0 Å². The van der Waals surface area contributed by atoms with Gasteiger partial charge in [-0.2, -0.15) is 0 Å². The van der Waals surface area contributed by atoms with E-state index in [4.69, 9.17) is 0 Å². The van der Waals surface area contributed by atoms with Crippen LogP contribution >= 0.6 is 0 Å². The van der Waals surface area contributed by atoms with Gasteiger partial charge in [0.1, 0.15) is 5.75 Å². The Morgan fingerprint density at radius 1 is 1.18 bits per heavy atom. The van der Waals surface area contributed by atoms with Crippen molar-refractivity contribution < 1.29 is 5.11 Å². The van der Waals surface area contributed by atoms with E-state index >= 15 is 0 Å². The van der Waals surface area contributed by atoms with Crippen molar-refractivity contribution >= 4 is 0 Å². The highest BCUT2D eigenvalue weighted by atomic mass is 16.3. The van der Waals surface area contributed by atoms with Crippen molar-refractivity contribution in [1.29, 1.82) is 0 Å². The number of phenols is 1. The highest BCUT2D eigenvalue weighted by Gasteiger charge is 2.39. The van der Waals surface area contributed by atoms with E-state index in [0.717, 1.165) is 17.9 Å². The summed E-state index contributed by atoms with van der Waals surface area (Å²) in [5.41, 5.74) is 1.27. The number of benzene rings is 1. The van der Waals surface area contributed by atoms with Crippen molar-refractivity contribution in [2.45, 2.75) is 44.7 Å². The summed E-state index contributed by atoms with van der Waals surface area (Å²) in [6.07, 6.45) is 5.69. The maximum absolute atomic E-state index is 9.29. The molecule has 2 bridgehead atoms. The summed E-state index contributed by atoms with van der Waals surface area (Å²) in [6, 6.07) is 8.68. The molecule has 2 fully saturated rings. The minimum absolute atomic E-state index is 0.348. The molecule has 1 aromatic carbocycles. The Morgan fingerprint density at radius 3 is 2.53 bits per heavy atom. The van der Waals surface area contributed by atoms with E-state index < -0.39 is 0 Å². The van der Waals surface area contributed by atoms with Crippen LogP contribution in [0.25, 0.3) is 0 Å². The lowest BCUT2D eigenvalue weighted by Gasteiger charge is -2.27. The third-order valence-electron chi connectivity index (χ3n) is 4.60. The third-order valence-corrected chi connectivity index (χ3v) is 4.60. The normalized spacial score (nSPS) is 32.9. The zero-order valence-electron chi connectivity index (χ0n) is 10.4. The Labute approximate surface area is 103 Å². The standard InChI is InChI=1S/C15H21NO/c1-10(12-4-6-14(17)7-5-12)16-15-9-11-2-3-13(15)8-11/h4-7,10-11,13,15-17H,2-3,8-9H2,1H3. The molecule has 0 spiro atoms. The second-order valence-corrected chi connectivity index (χ2v) is 5.76. The van der Waals surface area contributed by atoms with Crippen LogP contribution in [0.5, 0.6) is 5.75 Å². The second kappa shape index (κ2) is 4.34. The average molecular weight is 231 g/mol. The monoisotopic (exact) mass is 231 g/mol. The molecule has 0 aliphatic heterocycles. The molecule has 2 N–H and O–H groups in total. The van der Waals surface area contributed by atoms with Crippen molar-refractivity contribution in [1.82, 2.24) is 5.32 Å². The van der Waals surface area contributed by atoms with Gasteiger partial charge in [0.15, 0.2) is 0 Å². The predicted molar refractivity (Wildman–Crippen MR) is 68.9 cm³/mol. The van der Waals surface area contributed by atoms with E-state index in [1.165, 1.54) is 31.2 Å². The van der Waals surface area contributed by atoms with Gasteiger partial charge in [-0.3, -0.25) is 0 Å². The number of fused-ring (bicyclic) bond motifs is 2. The van der Waals surface area contributed by atoms with Crippen LogP contribution in [0.4, 0.5) is 0 Å². The molecule has 92 valence electrons. The molecule has 0 aromatic heterocycles. The third kappa shape index (κ3) is 2.19. The first-order chi connectivity index (χ1) is 8.22. The Kier molecular flexibility index (Phi) is 2.83. The van der Waals surface area contributed by atoms with Gasteiger partial charge < -0.3 is 10.4 Å². The van der Waals surface area contributed by atoms with Gasteiger partial charge in [-0.1, -0.05) is 18.6 Å². The molecule has 4 unspecified atom stereocenters. The molecule has 0 radical (unpaired) electrons. The molecule has 2 nitrogen and oxygen atoms in total. The minimum Gasteiger partial charge on any atom is -0.508 e. The highest BCUT2D eigenvalue weighted by molar-refractivity contribution is 5.27. The predicted octanol–water partition coefficient (Wildman–Crippen LogP) is 3.23. The van der Waals surface area contributed by atoms with Gasteiger partial charge in [0.2, 0.25) is 0 Å². The highest BCUT2D eigenvalue weighted by Crippen LogP contribution is 2.45. The molecule has 0 saturated heterocycles. The largest absolute Gasteiger partial charge is 0.508 e. The van der Waals surface area contributed by atoms with Gasteiger partial charge in [-0.25, -0.2) is 0 Å². The van der Waals surface area contributed by atoms with E-state index in [2.05, 4.69) is 12.2 Å². The van der Waals surface area contributed by atoms with E-state index in [1.54, 1.807) is 12.1 Å². The first-order valence-corrected chi connectivity index (χ1v) is 6.77. The fourth-order valence-electron chi connectivity index (χ4n) is 3.63. The maximum atomic E-state index is 9.29. The summed E-state index contributed by atoms with van der Waals surface area (Å²) in [6.45, 7) is 2.22. The van der Waals surface area contributed by atoms with Crippen molar-refractivity contribution in [2.75, 3.05) is 0 Å². The van der Waals surface area contributed by atoms with E-state index in [9.17, 15) is 5.11 Å². The topological polar surface area (TPSA) is 32.3 Å². The van der Waals surface area contributed by atoms with Crippen LogP contribution in [0.2, 0.25) is 0 Å². The second-order valence-electron chi connectivity index (χ2n) is 5.76. The Hall–Kier alpha value is -1.02. The van der Waals surface area contributed by atoms with Gasteiger partial charge in [0, 0.05) is 12.1 Å².